The maximum Gasteiger partial charge on any atom is 0.0431 e. The first-order chi connectivity index (χ1) is 14.2. The van der Waals surface area contributed by atoms with Gasteiger partial charge in [0.25, 0.3) is 0 Å². The molecular weight excluding hydrogens is 352 g/mol. The van der Waals surface area contributed by atoms with Crippen molar-refractivity contribution in [2.24, 2.45) is 23.2 Å². The lowest BCUT2D eigenvalue weighted by Crippen LogP contribution is -2.41. The predicted octanol–water partition coefficient (Wildman–Crippen LogP) is 8.13. The summed E-state index contributed by atoms with van der Waals surface area (Å²) >= 11 is 0. The number of unbranched alkanes of at least 4 members (excludes halogenated alkanes) is 7. The van der Waals surface area contributed by atoms with Gasteiger partial charge in [0.2, 0.25) is 0 Å². The van der Waals surface area contributed by atoms with Gasteiger partial charge in [0.15, 0.2) is 0 Å². The highest BCUT2D eigenvalue weighted by Crippen LogP contribution is 2.62. The fourth-order valence-electron chi connectivity index (χ4n) is 7.77. The molecule has 0 aromatic carbocycles. The highest BCUT2D eigenvalue weighted by atomic mass is 16.2. The number of hydrogen-bond donors (Lipinski definition) is 1. The fraction of sp³-hybridized carbons (Fsp3) is 0.857. The van der Waals surface area contributed by atoms with Crippen molar-refractivity contribution >= 4 is 0 Å². The van der Waals surface area contributed by atoms with E-state index in [9.17, 15) is 0 Å². The third-order valence-electron chi connectivity index (χ3n) is 9.14. The summed E-state index contributed by atoms with van der Waals surface area (Å²) in [6.45, 7) is 3.04. The second kappa shape index (κ2) is 10.2. The molecule has 4 aliphatic carbocycles. The van der Waals surface area contributed by atoms with Crippen molar-refractivity contribution in [2.45, 2.75) is 122 Å². The van der Waals surface area contributed by atoms with Gasteiger partial charge in [-0.3, -0.25) is 0 Å². The Morgan fingerprint density at radius 1 is 0.931 bits per heavy atom. The number of rotatable bonds is 10. The molecule has 0 bridgehead atoms. The molecule has 4 atom stereocenters. The molecule has 29 heavy (non-hydrogen) atoms. The lowest BCUT2D eigenvalue weighted by molar-refractivity contribution is 0.0821. The minimum absolute atomic E-state index is 0.372. The molecule has 1 nitrogen and oxygen atoms in total. The minimum atomic E-state index is 0.372. The Bertz CT molecular complexity index is 599. The third-order valence-corrected chi connectivity index (χ3v) is 9.14. The van der Waals surface area contributed by atoms with Crippen molar-refractivity contribution in [3.8, 4) is 0 Å². The maximum atomic E-state index is 8.89. The molecule has 1 N–H and O–H groups in total. The molecule has 0 aromatic heterocycles. The molecule has 4 aliphatic rings. The number of fused-ring (bicyclic) bond motifs is 4. The van der Waals surface area contributed by atoms with Crippen LogP contribution in [0.4, 0.5) is 0 Å². The van der Waals surface area contributed by atoms with Crippen LogP contribution in [0.2, 0.25) is 0 Å². The van der Waals surface area contributed by atoms with Crippen molar-refractivity contribution in [2.75, 3.05) is 6.61 Å². The summed E-state index contributed by atoms with van der Waals surface area (Å²) in [4.78, 5) is 0. The van der Waals surface area contributed by atoms with E-state index in [-0.39, 0.29) is 0 Å². The molecule has 4 rings (SSSR count). The summed E-state index contributed by atoms with van der Waals surface area (Å²) in [6, 6.07) is 0. The van der Waals surface area contributed by atoms with E-state index in [1.165, 1.54) is 109 Å². The summed E-state index contributed by atoms with van der Waals surface area (Å²) in [5.41, 5.74) is 6.30. The molecule has 164 valence electrons. The topological polar surface area (TPSA) is 20.2 Å². The van der Waals surface area contributed by atoms with Gasteiger partial charge in [0.1, 0.15) is 0 Å². The van der Waals surface area contributed by atoms with Gasteiger partial charge >= 0.3 is 0 Å². The molecule has 2 saturated carbocycles. The quantitative estimate of drug-likeness (QED) is 0.368. The van der Waals surface area contributed by atoms with Crippen LogP contribution in [-0.2, 0) is 0 Å². The van der Waals surface area contributed by atoms with Gasteiger partial charge in [-0.15, -0.1) is 0 Å². The second-order valence-electron chi connectivity index (χ2n) is 11.1. The molecule has 0 aliphatic heterocycles. The van der Waals surface area contributed by atoms with Crippen LogP contribution < -0.4 is 0 Å². The number of aliphatic hydroxyl groups is 1. The highest BCUT2D eigenvalue weighted by molar-refractivity contribution is 5.43. The first-order valence-corrected chi connectivity index (χ1v) is 13.3. The van der Waals surface area contributed by atoms with E-state index in [0.29, 0.717) is 12.0 Å². The predicted molar refractivity (Wildman–Crippen MR) is 124 cm³/mol. The molecule has 0 aromatic rings. The number of allylic oxidation sites excluding steroid dienone is 4. The second-order valence-corrected chi connectivity index (χ2v) is 11.1. The van der Waals surface area contributed by atoms with Crippen LogP contribution in [0.25, 0.3) is 0 Å². The Kier molecular flexibility index (Phi) is 7.59. The molecule has 0 radical (unpaired) electrons. The maximum absolute atomic E-state index is 8.89. The summed E-state index contributed by atoms with van der Waals surface area (Å²) in [5.74, 6) is 2.85. The van der Waals surface area contributed by atoms with Crippen LogP contribution in [0.5, 0.6) is 0 Å². The Morgan fingerprint density at radius 2 is 1.69 bits per heavy atom. The van der Waals surface area contributed by atoms with E-state index in [0.717, 1.165) is 24.2 Å². The largest absolute Gasteiger partial charge is 0.396 e. The summed E-state index contributed by atoms with van der Waals surface area (Å²) in [6.07, 6.45) is 27.7. The fourth-order valence-corrected chi connectivity index (χ4v) is 7.77. The van der Waals surface area contributed by atoms with Crippen molar-refractivity contribution in [3.05, 3.63) is 22.8 Å². The zero-order valence-corrected chi connectivity index (χ0v) is 19.2. The summed E-state index contributed by atoms with van der Waals surface area (Å²) < 4.78 is 0. The van der Waals surface area contributed by atoms with Crippen molar-refractivity contribution < 1.29 is 5.11 Å². The smallest absolute Gasteiger partial charge is 0.0431 e. The molecule has 0 amide bonds. The first-order valence-electron chi connectivity index (χ1n) is 13.3. The van der Waals surface area contributed by atoms with E-state index in [4.69, 9.17) is 5.11 Å². The number of aliphatic hydroxyl groups excluding tert-OH is 1. The monoisotopic (exact) mass is 398 g/mol. The normalized spacial score (nSPS) is 33.9. The molecular formula is C28H46O. The minimum Gasteiger partial charge on any atom is -0.396 e. The Balaban J connectivity index is 1.35. The van der Waals surface area contributed by atoms with Gasteiger partial charge < -0.3 is 5.11 Å². The Hall–Kier alpha value is -0.560. The third kappa shape index (κ3) is 4.86. The van der Waals surface area contributed by atoms with Gasteiger partial charge in [-0.25, -0.2) is 0 Å². The lowest BCUT2D eigenvalue weighted by Gasteiger charge is -2.51. The van der Waals surface area contributed by atoms with Crippen LogP contribution in [0.1, 0.15) is 122 Å². The Labute approximate surface area is 180 Å². The molecule has 0 saturated heterocycles. The van der Waals surface area contributed by atoms with E-state index in [2.05, 4.69) is 13.0 Å². The average Bonchev–Trinajstić information content (AvgIpc) is 3.13. The molecule has 2 fully saturated rings. The zero-order chi connectivity index (χ0) is 20.1. The van der Waals surface area contributed by atoms with Gasteiger partial charge in [-0.1, -0.05) is 69.9 Å². The van der Waals surface area contributed by atoms with Crippen LogP contribution in [0.3, 0.4) is 0 Å². The van der Waals surface area contributed by atoms with Gasteiger partial charge in [0.05, 0.1) is 0 Å². The van der Waals surface area contributed by atoms with E-state index in [1.54, 1.807) is 5.57 Å². The van der Waals surface area contributed by atoms with Crippen molar-refractivity contribution in [1.29, 1.82) is 0 Å². The molecule has 0 unspecified atom stereocenters. The standard InChI is InChI=1S/C28H46O/c1-28-19-12-16-26(28)25-18-17-22-13-9-10-15-24(22)27(25)23(21-28)14-8-6-4-2-3-5-7-11-20-29/h13,23,25-26,29H,2-12,14-21H2,1H3/t23-,25-,26-,28-/m0/s1. The molecule has 0 spiro atoms. The lowest BCUT2D eigenvalue weighted by atomic mass is 9.54. The zero-order valence-electron chi connectivity index (χ0n) is 19.2. The van der Waals surface area contributed by atoms with Crippen LogP contribution in [0.15, 0.2) is 22.8 Å². The summed E-state index contributed by atoms with van der Waals surface area (Å²) in [5, 5.41) is 8.89. The van der Waals surface area contributed by atoms with Crippen LogP contribution >= 0.6 is 0 Å². The van der Waals surface area contributed by atoms with Gasteiger partial charge in [-0.2, -0.15) is 0 Å². The molecule has 0 heterocycles. The van der Waals surface area contributed by atoms with Gasteiger partial charge in [0, 0.05) is 6.61 Å². The van der Waals surface area contributed by atoms with Crippen molar-refractivity contribution in [3.63, 3.8) is 0 Å². The number of hydrogen-bond acceptors (Lipinski definition) is 1. The van der Waals surface area contributed by atoms with E-state index < -0.39 is 0 Å². The van der Waals surface area contributed by atoms with Crippen LogP contribution in [0, 0.1) is 23.2 Å². The highest BCUT2D eigenvalue weighted by Gasteiger charge is 2.51. The van der Waals surface area contributed by atoms with Crippen molar-refractivity contribution in [1.82, 2.24) is 0 Å². The Morgan fingerprint density at radius 3 is 2.48 bits per heavy atom. The van der Waals surface area contributed by atoms with Crippen LogP contribution in [-0.4, -0.2) is 11.7 Å². The summed E-state index contributed by atoms with van der Waals surface area (Å²) in [7, 11) is 0. The average molecular weight is 399 g/mol. The van der Waals surface area contributed by atoms with E-state index >= 15 is 0 Å². The van der Waals surface area contributed by atoms with Gasteiger partial charge in [-0.05, 0) is 98.5 Å². The first kappa shape index (κ1) is 21.7. The van der Waals surface area contributed by atoms with E-state index in [1.807, 2.05) is 11.1 Å². The SMILES string of the molecule is C[C@@]12CCC[C@H]1[C@@H]1CCC3=CCCCC3=C1[C@@H](CCCCCCCCCCO)C2. The molecule has 1 heteroatoms.